The van der Waals surface area contributed by atoms with Crippen molar-refractivity contribution in [2.24, 2.45) is 0 Å². The van der Waals surface area contributed by atoms with Gasteiger partial charge >= 0.3 is 0 Å². The fourth-order valence-electron chi connectivity index (χ4n) is 1.95. The molecule has 4 heteroatoms. The number of aliphatic hydroxyl groups excluding tert-OH is 3. The predicted octanol–water partition coefficient (Wildman–Crippen LogP) is 0.994. The number of nitrogens with zero attached hydrogens (tertiary/aromatic N) is 1. The lowest BCUT2D eigenvalue weighted by atomic mass is 10.1. The second kappa shape index (κ2) is 12.3. The third kappa shape index (κ3) is 10.7. The van der Waals surface area contributed by atoms with Gasteiger partial charge in [-0.1, -0.05) is 39.0 Å². The van der Waals surface area contributed by atoms with Crippen molar-refractivity contribution in [3.05, 3.63) is 0 Å². The minimum atomic E-state index is -0.338. The monoisotopic (exact) mass is 247 g/mol. The molecule has 0 aromatic carbocycles. The van der Waals surface area contributed by atoms with Gasteiger partial charge in [0.05, 0.1) is 19.3 Å². The van der Waals surface area contributed by atoms with Crippen molar-refractivity contribution in [2.45, 2.75) is 51.6 Å². The van der Waals surface area contributed by atoms with E-state index in [0.717, 1.165) is 12.8 Å². The number of rotatable bonds is 12. The van der Waals surface area contributed by atoms with Crippen molar-refractivity contribution < 1.29 is 15.3 Å². The molecule has 0 amide bonds. The van der Waals surface area contributed by atoms with Gasteiger partial charge in [-0.15, -0.1) is 0 Å². The van der Waals surface area contributed by atoms with Crippen LogP contribution in [0, 0.1) is 0 Å². The van der Waals surface area contributed by atoms with E-state index in [1.54, 1.807) is 0 Å². The molecule has 0 saturated carbocycles. The molecule has 0 aromatic heterocycles. The van der Waals surface area contributed by atoms with E-state index in [-0.39, 0.29) is 19.3 Å². The number of aliphatic hydroxyl groups is 3. The van der Waals surface area contributed by atoms with Crippen molar-refractivity contribution in [3.63, 3.8) is 0 Å². The first-order valence-corrected chi connectivity index (χ1v) is 6.86. The van der Waals surface area contributed by atoms with Crippen molar-refractivity contribution in [1.29, 1.82) is 0 Å². The lowest BCUT2D eigenvalue weighted by Gasteiger charge is -2.23. The summed E-state index contributed by atoms with van der Waals surface area (Å²) in [6, 6.07) is 0. The summed E-state index contributed by atoms with van der Waals surface area (Å²) in [5.74, 6) is 0. The highest BCUT2D eigenvalue weighted by atomic mass is 16.3. The molecule has 0 aromatic rings. The minimum Gasteiger partial charge on any atom is -0.395 e. The van der Waals surface area contributed by atoms with Crippen LogP contribution < -0.4 is 0 Å². The molecule has 0 fully saturated rings. The number of hydrogen-bond donors (Lipinski definition) is 3. The third-order valence-electron chi connectivity index (χ3n) is 2.94. The predicted molar refractivity (Wildman–Crippen MR) is 70.0 cm³/mol. The van der Waals surface area contributed by atoms with Gasteiger partial charge in [-0.2, -0.15) is 0 Å². The molecular weight excluding hydrogens is 218 g/mol. The third-order valence-corrected chi connectivity index (χ3v) is 2.94. The highest BCUT2D eigenvalue weighted by molar-refractivity contribution is 4.64. The zero-order chi connectivity index (χ0) is 12.9. The molecule has 0 aliphatic rings. The van der Waals surface area contributed by atoms with Gasteiger partial charge in [0, 0.05) is 19.6 Å². The van der Waals surface area contributed by atoms with Crippen LogP contribution >= 0.6 is 0 Å². The zero-order valence-electron chi connectivity index (χ0n) is 11.1. The average Bonchev–Trinajstić information content (AvgIpc) is 2.29. The van der Waals surface area contributed by atoms with E-state index < -0.39 is 0 Å². The molecule has 0 spiro atoms. The summed E-state index contributed by atoms with van der Waals surface area (Å²) in [4.78, 5) is 1.90. The van der Waals surface area contributed by atoms with Crippen LogP contribution in [0.2, 0.25) is 0 Å². The van der Waals surface area contributed by atoms with Gasteiger partial charge in [0.2, 0.25) is 0 Å². The van der Waals surface area contributed by atoms with Crippen LogP contribution in [0.3, 0.4) is 0 Å². The van der Waals surface area contributed by atoms with E-state index in [1.165, 1.54) is 25.7 Å². The van der Waals surface area contributed by atoms with Gasteiger partial charge in [-0.05, 0) is 6.42 Å². The Hall–Kier alpha value is -0.160. The zero-order valence-corrected chi connectivity index (χ0v) is 11.1. The fourth-order valence-corrected chi connectivity index (χ4v) is 1.95. The molecule has 17 heavy (non-hydrogen) atoms. The van der Waals surface area contributed by atoms with Gasteiger partial charge in [0.25, 0.3) is 0 Å². The Bertz CT molecular complexity index is 150. The molecule has 0 saturated heterocycles. The first-order valence-electron chi connectivity index (χ1n) is 6.86. The molecule has 0 rings (SSSR count). The summed E-state index contributed by atoms with van der Waals surface area (Å²) in [6.07, 6.45) is 6.49. The molecule has 3 N–H and O–H groups in total. The van der Waals surface area contributed by atoms with Crippen LogP contribution in [-0.2, 0) is 0 Å². The molecule has 0 heterocycles. The Morgan fingerprint density at radius 2 is 1.53 bits per heavy atom. The second-order valence-electron chi connectivity index (χ2n) is 4.60. The van der Waals surface area contributed by atoms with E-state index in [4.69, 9.17) is 10.2 Å². The molecule has 1 unspecified atom stereocenters. The van der Waals surface area contributed by atoms with Crippen molar-refractivity contribution in [3.8, 4) is 0 Å². The maximum Gasteiger partial charge on any atom is 0.0667 e. The van der Waals surface area contributed by atoms with Crippen LogP contribution in [0.25, 0.3) is 0 Å². The summed E-state index contributed by atoms with van der Waals surface area (Å²) in [7, 11) is 0. The lowest BCUT2D eigenvalue weighted by molar-refractivity contribution is 0.0809. The Morgan fingerprint density at radius 1 is 0.941 bits per heavy atom. The summed E-state index contributed by atoms with van der Waals surface area (Å²) < 4.78 is 0. The fraction of sp³-hybridized carbons (Fsp3) is 1.00. The standard InChI is InChI=1S/C13H29NO3/c1-2-3-4-5-6-7-13(17)12-14(8-10-15)9-11-16/h13,15-17H,2-12H2,1H3. The smallest absolute Gasteiger partial charge is 0.0667 e. The Morgan fingerprint density at radius 3 is 2.06 bits per heavy atom. The molecule has 4 nitrogen and oxygen atoms in total. The van der Waals surface area contributed by atoms with Crippen molar-refractivity contribution in [1.82, 2.24) is 4.90 Å². The highest BCUT2D eigenvalue weighted by Crippen LogP contribution is 2.08. The van der Waals surface area contributed by atoms with E-state index >= 15 is 0 Å². The molecule has 1 atom stereocenters. The molecule has 0 aliphatic carbocycles. The normalized spacial score (nSPS) is 13.2. The summed E-state index contributed by atoms with van der Waals surface area (Å²) in [5.41, 5.74) is 0. The van der Waals surface area contributed by atoms with Gasteiger partial charge in [0.15, 0.2) is 0 Å². The highest BCUT2D eigenvalue weighted by Gasteiger charge is 2.10. The SMILES string of the molecule is CCCCCCCC(O)CN(CCO)CCO. The van der Waals surface area contributed by atoms with E-state index in [2.05, 4.69) is 6.92 Å². The summed E-state index contributed by atoms with van der Waals surface area (Å²) >= 11 is 0. The first-order chi connectivity index (χ1) is 8.24. The van der Waals surface area contributed by atoms with Crippen LogP contribution in [0.5, 0.6) is 0 Å². The maximum absolute atomic E-state index is 9.82. The number of hydrogen-bond acceptors (Lipinski definition) is 4. The summed E-state index contributed by atoms with van der Waals surface area (Å²) in [6.45, 7) is 3.93. The molecule has 104 valence electrons. The van der Waals surface area contributed by atoms with E-state index in [1.807, 2.05) is 4.90 Å². The van der Waals surface area contributed by atoms with Gasteiger partial charge in [-0.25, -0.2) is 0 Å². The van der Waals surface area contributed by atoms with Gasteiger partial charge in [-0.3, -0.25) is 4.90 Å². The van der Waals surface area contributed by atoms with Crippen LogP contribution in [0.4, 0.5) is 0 Å². The van der Waals surface area contributed by atoms with Crippen LogP contribution in [0.1, 0.15) is 45.4 Å². The first kappa shape index (κ1) is 16.8. The summed E-state index contributed by atoms with van der Waals surface area (Å²) in [5, 5.41) is 27.5. The lowest BCUT2D eigenvalue weighted by Crippen LogP contribution is -2.36. The molecule has 0 aliphatic heterocycles. The molecular formula is C13H29NO3. The van der Waals surface area contributed by atoms with Crippen LogP contribution in [-0.4, -0.2) is 59.2 Å². The van der Waals surface area contributed by atoms with Crippen molar-refractivity contribution in [2.75, 3.05) is 32.8 Å². The quantitative estimate of drug-likeness (QED) is 0.450. The Balaban J connectivity index is 3.55. The Labute approximate surface area is 105 Å². The molecule has 0 radical (unpaired) electrons. The second-order valence-corrected chi connectivity index (χ2v) is 4.60. The topological polar surface area (TPSA) is 63.9 Å². The minimum absolute atomic E-state index is 0.0726. The van der Waals surface area contributed by atoms with Gasteiger partial charge in [0.1, 0.15) is 0 Å². The van der Waals surface area contributed by atoms with E-state index in [9.17, 15) is 5.11 Å². The van der Waals surface area contributed by atoms with E-state index in [0.29, 0.717) is 19.6 Å². The largest absolute Gasteiger partial charge is 0.395 e. The average molecular weight is 247 g/mol. The van der Waals surface area contributed by atoms with Crippen molar-refractivity contribution >= 4 is 0 Å². The number of unbranched alkanes of at least 4 members (excludes halogenated alkanes) is 4. The molecule has 0 bridgehead atoms. The van der Waals surface area contributed by atoms with Gasteiger partial charge < -0.3 is 15.3 Å². The van der Waals surface area contributed by atoms with Crippen LogP contribution in [0.15, 0.2) is 0 Å². The maximum atomic E-state index is 9.82. The Kier molecular flexibility index (Phi) is 12.2.